The Morgan fingerprint density at radius 3 is 2.62 bits per heavy atom. The summed E-state index contributed by atoms with van der Waals surface area (Å²) in [6.07, 6.45) is 8.47. The fourth-order valence-electron chi connectivity index (χ4n) is 2.19. The summed E-state index contributed by atoms with van der Waals surface area (Å²) < 4.78 is 0.748. The maximum atomic E-state index is 7.59. The smallest absolute Gasteiger partial charge is 0.194 e. The van der Waals surface area contributed by atoms with Crippen molar-refractivity contribution in [2.45, 2.75) is 39.5 Å². The highest BCUT2D eigenvalue weighted by Crippen LogP contribution is 2.25. The lowest BCUT2D eigenvalue weighted by atomic mass is 9.93. The van der Waals surface area contributed by atoms with Crippen LogP contribution in [-0.4, -0.2) is 30.6 Å². The number of rotatable bonds is 6. The van der Waals surface area contributed by atoms with E-state index in [-0.39, 0.29) is 0 Å². The van der Waals surface area contributed by atoms with E-state index in [4.69, 9.17) is 5.41 Å². The van der Waals surface area contributed by atoms with E-state index in [1.54, 1.807) is 0 Å². The third-order valence-electron chi connectivity index (χ3n) is 2.79. The second kappa shape index (κ2) is 5.39. The number of nitrogens with zero attached hydrogens (tertiary/aromatic N) is 2. The third-order valence-corrected chi connectivity index (χ3v) is 2.79. The van der Waals surface area contributed by atoms with Crippen LogP contribution in [0.2, 0.25) is 0 Å². The first-order valence-electron chi connectivity index (χ1n) is 6.07. The molecule has 0 fully saturated rings. The van der Waals surface area contributed by atoms with Crippen LogP contribution in [0.3, 0.4) is 0 Å². The fourth-order valence-corrected chi connectivity index (χ4v) is 2.19. The van der Waals surface area contributed by atoms with Crippen LogP contribution in [0.5, 0.6) is 0 Å². The van der Waals surface area contributed by atoms with Crippen LogP contribution >= 0.6 is 0 Å². The Labute approximate surface area is 99.0 Å². The van der Waals surface area contributed by atoms with Crippen molar-refractivity contribution in [1.29, 1.82) is 5.41 Å². The summed E-state index contributed by atoms with van der Waals surface area (Å²) in [6, 6.07) is 0. The molecule has 0 radical (unpaired) electrons. The molecule has 0 bridgehead atoms. The van der Waals surface area contributed by atoms with E-state index in [0.29, 0.717) is 5.92 Å². The van der Waals surface area contributed by atoms with E-state index in [1.165, 1.54) is 18.5 Å². The third kappa shape index (κ3) is 4.27. The van der Waals surface area contributed by atoms with E-state index < -0.39 is 0 Å². The topological polar surface area (TPSA) is 36.2 Å². The number of aliphatic imine (C=N–C) groups is 1. The summed E-state index contributed by atoms with van der Waals surface area (Å²) >= 11 is 0. The number of allylic oxidation sites excluding steroid dienone is 1. The van der Waals surface area contributed by atoms with Crippen molar-refractivity contribution in [3.05, 3.63) is 11.9 Å². The van der Waals surface area contributed by atoms with Crippen molar-refractivity contribution < 1.29 is 4.48 Å². The van der Waals surface area contributed by atoms with Gasteiger partial charge in [0.15, 0.2) is 6.34 Å². The van der Waals surface area contributed by atoms with Crippen LogP contribution in [-0.2, 0) is 0 Å². The van der Waals surface area contributed by atoms with Crippen LogP contribution in [0, 0.1) is 11.3 Å². The van der Waals surface area contributed by atoms with Gasteiger partial charge in [-0.3, -0.25) is 4.48 Å². The molecule has 1 heterocycles. The highest BCUT2D eigenvalue weighted by atomic mass is 15.3. The van der Waals surface area contributed by atoms with Gasteiger partial charge in [0, 0.05) is 5.71 Å². The molecule has 0 aliphatic carbocycles. The van der Waals surface area contributed by atoms with Gasteiger partial charge in [-0.05, 0) is 32.1 Å². The second-order valence-corrected chi connectivity index (χ2v) is 5.34. The van der Waals surface area contributed by atoms with E-state index in [9.17, 15) is 0 Å². The molecule has 3 heteroatoms. The van der Waals surface area contributed by atoms with Gasteiger partial charge < -0.3 is 5.41 Å². The Morgan fingerprint density at radius 1 is 1.50 bits per heavy atom. The first kappa shape index (κ1) is 13.1. The number of hydrogen-bond acceptors (Lipinski definition) is 2. The summed E-state index contributed by atoms with van der Waals surface area (Å²) in [5.41, 5.74) is 1.97. The fraction of sp³-hybridized carbons (Fsp3) is 0.692. The zero-order valence-electron chi connectivity index (χ0n) is 11.0. The average molecular weight is 222 g/mol. The average Bonchev–Trinajstić information content (AvgIpc) is 2.44. The number of nitrogens with one attached hydrogen (secondary N) is 1. The summed E-state index contributed by atoms with van der Waals surface area (Å²) in [5, 5.41) is 7.59. The maximum absolute atomic E-state index is 7.59. The van der Waals surface area contributed by atoms with Crippen molar-refractivity contribution >= 4 is 12.1 Å². The predicted molar refractivity (Wildman–Crippen MR) is 69.7 cm³/mol. The van der Waals surface area contributed by atoms with Gasteiger partial charge in [-0.25, -0.2) is 4.99 Å². The molecule has 0 saturated carbocycles. The Balaban J connectivity index is 2.56. The monoisotopic (exact) mass is 222 g/mol. The van der Waals surface area contributed by atoms with Crippen molar-refractivity contribution in [2.24, 2.45) is 10.9 Å². The van der Waals surface area contributed by atoms with Crippen LogP contribution in [0.4, 0.5) is 0 Å². The zero-order chi connectivity index (χ0) is 12.2. The highest BCUT2D eigenvalue weighted by molar-refractivity contribution is 5.78. The Hall–Kier alpha value is -0.960. The van der Waals surface area contributed by atoms with Gasteiger partial charge in [-0.1, -0.05) is 13.3 Å². The summed E-state index contributed by atoms with van der Waals surface area (Å²) in [4.78, 5) is 4.46. The van der Waals surface area contributed by atoms with Gasteiger partial charge in [0.2, 0.25) is 0 Å². The van der Waals surface area contributed by atoms with Gasteiger partial charge in [-0.15, -0.1) is 0 Å². The summed E-state index contributed by atoms with van der Waals surface area (Å²) in [7, 11) is 4.24. The van der Waals surface area contributed by atoms with Crippen molar-refractivity contribution in [3.63, 3.8) is 0 Å². The van der Waals surface area contributed by atoms with Gasteiger partial charge in [0.25, 0.3) is 0 Å². The van der Waals surface area contributed by atoms with E-state index in [2.05, 4.69) is 32.2 Å². The molecule has 90 valence electrons. The number of hydrogen-bond donors (Lipinski definition) is 1. The lowest BCUT2D eigenvalue weighted by Crippen LogP contribution is -2.28. The molecule has 1 rings (SSSR count). The molecule has 1 atom stereocenters. The number of quaternary nitrogens is 1. The lowest BCUT2D eigenvalue weighted by Gasteiger charge is -2.15. The quantitative estimate of drug-likeness (QED) is 0.529. The molecule has 1 aliphatic rings. The molecule has 3 nitrogen and oxygen atoms in total. The molecule has 0 spiro atoms. The molecule has 0 amide bonds. The van der Waals surface area contributed by atoms with Crippen LogP contribution in [0.25, 0.3) is 0 Å². The molecule has 0 saturated heterocycles. The molecule has 0 aromatic rings. The Bertz CT molecular complexity index is 313. The zero-order valence-corrected chi connectivity index (χ0v) is 11.0. The Morgan fingerprint density at radius 2 is 2.19 bits per heavy atom. The molecule has 16 heavy (non-hydrogen) atoms. The lowest BCUT2D eigenvalue weighted by molar-refractivity contribution is -0.732. The molecule has 0 aromatic heterocycles. The van der Waals surface area contributed by atoms with E-state index in [0.717, 1.165) is 23.0 Å². The summed E-state index contributed by atoms with van der Waals surface area (Å²) in [5.74, 6) is 0.587. The van der Waals surface area contributed by atoms with Crippen LogP contribution in [0.1, 0.15) is 39.5 Å². The molecule has 1 N–H and O–H groups in total. The second-order valence-electron chi connectivity index (χ2n) is 5.34. The van der Waals surface area contributed by atoms with E-state index in [1.807, 2.05) is 13.3 Å². The molecular weight excluding hydrogens is 198 g/mol. The minimum atomic E-state index is 0.587. The SMILES string of the molecule is CCCC(CC(C)=N)CC1=C[N+](C)(C)C=N1. The van der Waals surface area contributed by atoms with Crippen LogP contribution < -0.4 is 0 Å². The van der Waals surface area contributed by atoms with Gasteiger partial charge in [0.1, 0.15) is 6.20 Å². The molecular formula is C13H24N3+. The Kier molecular flexibility index (Phi) is 4.42. The summed E-state index contributed by atoms with van der Waals surface area (Å²) in [6.45, 7) is 4.10. The first-order chi connectivity index (χ1) is 7.43. The van der Waals surface area contributed by atoms with Crippen LogP contribution in [0.15, 0.2) is 16.9 Å². The molecule has 1 aliphatic heterocycles. The largest absolute Gasteiger partial charge is 0.310 e. The minimum Gasteiger partial charge on any atom is -0.310 e. The minimum absolute atomic E-state index is 0.587. The molecule has 0 aromatic carbocycles. The molecule has 1 unspecified atom stereocenters. The predicted octanol–water partition coefficient (Wildman–Crippen LogP) is 3.18. The van der Waals surface area contributed by atoms with Crippen molar-refractivity contribution in [2.75, 3.05) is 14.1 Å². The highest BCUT2D eigenvalue weighted by Gasteiger charge is 2.20. The standard InChI is InChI=1S/C13H24N3/c1-5-6-12(7-11(2)14)8-13-9-16(3,4)10-15-13/h9-10,12,14H,5-8H2,1-4H3/q+1. The van der Waals surface area contributed by atoms with Gasteiger partial charge >= 0.3 is 0 Å². The maximum Gasteiger partial charge on any atom is 0.194 e. The van der Waals surface area contributed by atoms with Crippen molar-refractivity contribution in [1.82, 2.24) is 0 Å². The van der Waals surface area contributed by atoms with Gasteiger partial charge in [-0.2, -0.15) is 0 Å². The van der Waals surface area contributed by atoms with Crippen molar-refractivity contribution in [3.8, 4) is 0 Å². The van der Waals surface area contributed by atoms with Gasteiger partial charge in [0.05, 0.1) is 19.8 Å². The normalized spacial score (nSPS) is 19.6. The van der Waals surface area contributed by atoms with E-state index >= 15 is 0 Å². The first-order valence-corrected chi connectivity index (χ1v) is 6.07.